The van der Waals surface area contributed by atoms with Gasteiger partial charge >= 0.3 is 6.18 Å². The van der Waals surface area contributed by atoms with Crippen LogP contribution in [0.25, 0.3) is 11.4 Å². The van der Waals surface area contributed by atoms with E-state index in [0.29, 0.717) is 24.0 Å². The topological polar surface area (TPSA) is 50.7 Å². The van der Waals surface area contributed by atoms with Gasteiger partial charge in [0.05, 0.1) is 0 Å². The van der Waals surface area contributed by atoms with Crippen molar-refractivity contribution >= 4 is 5.69 Å². The van der Waals surface area contributed by atoms with E-state index in [9.17, 15) is 13.2 Å². The molecular formula is C20H17F3N4. The van der Waals surface area contributed by atoms with Gasteiger partial charge in [-0.1, -0.05) is 24.3 Å². The van der Waals surface area contributed by atoms with E-state index < -0.39 is 11.9 Å². The van der Waals surface area contributed by atoms with Crippen LogP contribution >= 0.6 is 0 Å². The minimum atomic E-state index is -4.46. The van der Waals surface area contributed by atoms with Crippen molar-refractivity contribution in [2.24, 2.45) is 0 Å². The van der Waals surface area contributed by atoms with Crippen LogP contribution in [0.1, 0.15) is 35.6 Å². The summed E-state index contributed by atoms with van der Waals surface area (Å²) in [6.45, 7) is 0.322. The Bertz CT molecular complexity index is 917. The molecule has 1 N–H and O–H groups in total. The molecule has 2 aromatic heterocycles. The van der Waals surface area contributed by atoms with E-state index in [-0.39, 0.29) is 0 Å². The van der Waals surface area contributed by atoms with Gasteiger partial charge < -0.3 is 5.32 Å². The van der Waals surface area contributed by atoms with Crippen molar-refractivity contribution in [1.29, 1.82) is 0 Å². The predicted molar refractivity (Wildman–Crippen MR) is 96.0 cm³/mol. The van der Waals surface area contributed by atoms with E-state index in [1.54, 1.807) is 12.4 Å². The molecule has 138 valence electrons. The summed E-state index contributed by atoms with van der Waals surface area (Å²) in [6.07, 6.45) is 2.55. The Hall–Kier alpha value is -2.96. The van der Waals surface area contributed by atoms with Crippen LogP contribution in [0.2, 0.25) is 0 Å². The molecule has 1 saturated carbocycles. The number of alkyl halides is 3. The Labute approximate surface area is 154 Å². The lowest BCUT2D eigenvalue weighted by atomic mass is 10.1. The maximum absolute atomic E-state index is 12.7. The highest BCUT2D eigenvalue weighted by Gasteiger charge is 2.32. The summed E-state index contributed by atoms with van der Waals surface area (Å²) >= 11 is 0. The molecule has 0 unspecified atom stereocenters. The van der Waals surface area contributed by atoms with Gasteiger partial charge in [0.15, 0.2) is 5.82 Å². The second-order valence-corrected chi connectivity index (χ2v) is 6.59. The SMILES string of the molecule is FC(F)(F)c1cc(NCc2cnc(-c3ccc(C4CC4)cc3)nc2)ccn1. The minimum Gasteiger partial charge on any atom is -0.381 e. The van der Waals surface area contributed by atoms with E-state index in [1.807, 2.05) is 12.1 Å². The summed E-state index contributed by atoms with van der Waals surface area (Å²) in [5.74, 6) is 1.34. The van der Waals surface area contributed by atoms with Gasteiger partial charge in [-0.15, -0.1) is 0 Å². The van der Waals surface area contributed by atoms with Crippen molar-refractivity contribution in [3.05, 3.63) is 71.8 Å². The molecule has 1 aliphatic rings. The molecule has 1 aliphatic carbocycles. The van der Waals surface area contributed by atoms with Crippen LogP contribution < -0.4 is 5.32 Å². The summed E-state index contributed by atoms with van der Waals surface area (Å²) < 4.78 is 38.1. The second-order valence-electron chi connectivity index (χ2n) is 6.59. The third-order valence-electron chi connectivity index (χ3n) is 4.47. The Morgan fingerprint density at radius 3 is 2.30 bits per heavy atom. The molecule has 0 spiro atoms. The molecule has 27 heavy (non-hydrogen) atoms. The molecule has 4 nitrogen and oxygen atoms in total. The zero-order valence-corrected chi connectivity index (χ0v) is 14.4. The standard InChI is InChI=1S/C20H17F3N4/c21-20(22,23)18-9-17(7-8-24-18)25-10-13-11-26-19(27-12-13)16-5-3-15(4-6-16)14-1-2-14/h3-9,11-12,14H,1-2,10H2,(H,24,25). The summed E-state index contributed by atoms with van der Waals surface area (Å²) in [7, 11) is 0. The second kappa shape index (κ2) is 6.98. The number of pyridine rings is 1. The van der Waals surface area contributed by atoms with Gasteiger partial charge in [0, 0.05) is 41.9 Å². The first kappa shape index (κ1) is 17.5. The highest BCUT2D eigenvalue weighted by Crippen LogP contribution is 2.40. The fourth-order valence-electron chi connectivity index (χ4n) is 2.82. The lowest BCUT2D eigenvalue weighted by Gasteiger charge is -2.10. The molecule has 0 amide bonds. The summed E-state index contributed by atoms with van der Waals surface area (Å²) in [5.41, 5.74) is 2.50. The third kappa shape index (κ3) is 4.24. The first-order valence-electron chi connectivity index (χ1n) is 8.67. The van der Waals surface area contributed by atoms with Gasteiger partial charge in [0.25, 0.3) is 0 Å². The van der Waals surface area contributed by atoms with Gasteiger partial charge in [-0.3, -0.25) is 4.98 Å². The lowest BCUT2D eigenvalue weighted by Crippen LogP contribution is -2.09. The zero-order chi connectivity index (χ0) is 18.9. The molecule has 0 bridgehead atoms. The number of aromatic nitrogens is 3. The lowest BCUT2D eigenvalue weighted by molar-refractivity contribution is -0.141. The molecule has 3 aromatic rings. The average Bonchev–Trinajstić information content (AvgIpc) is 3.52. The Kier molecular flexibility index (Phi) is 4.51. The number of hydrogen-bond donors (Lipinski definition) is 1. The van der Waals surface area contributed by atoms with Crippen molar-refractivity contribution in [3.63, 3.8) is 0 Å². The molecule has 7 heteroatoms. The van der Waals surface area contributed by atoms with Crippen LogP contribution in [0, 0.1) is 0 Å². The summed E-state index contributed by atoms with van der Waals surface area (Å²) in [4.78, 5) is 12.1. The third-order valence-corrected chi connectivity index (χ3v) is 4.47. The smallest absolute Gasteiger partial charge is 0.381 e. The van der Waals surface area contributed by atoms with E-state index in [4.69, 9.17) is 0 Å². The van der Waals surface area contributed by atoms with E-state index >= 15 is 0 Å². The largest absolute Gasteiger partial charge is 0.433 e. The van der Waals surface area contributed by atoms with Crippen LogP contribution in [0.3, 0.4) is 0 Å². The summed E-state index contributed by atoms with van der Waals surface area (Å²) in [6, 6.07) is 10.8. The Balaban J connectivity index is 1.40. The molecule has 4 rings (SSSR count). The van der Waals surface area contributed by atoms with Crippen molar-refractivity contribution in [2.45, 2.75) is 31.5 Å². The van der Waals surface area contributed by atoms with E-state index in [2.05, 4.69) is 32.4 Å². The van der Waals surface area contributed by atoms with E-state index in [0.717, 1.165) is 23.4 Å². The van der Waals surface area contributed by atoms with E-state index in [1.165, 1.54) is 24.5 Å². The summed E-state index contributed by atoms with van der Waals surface area (Å²) in [5, 5.41) is 2.94. The maximum Gasteiger partial charge on any atom is 0.433 e. The maximum atomic E-state index is 12.7. The van der Waals surface area contributed by atoms with Crippen LogP contribution in [-0.4, -0.2) is 15.0 Å². The first-order valence-corrected chi connectivity index (χ1v) is 8.67. The van der Waals surface area contributed by atoms with Gasteiger partial charge in [-0.25, -0.2) is 9.97 Å². The zero-order valence-electron chi connectivity index (χ0n) is 14.4. The normalized spacial score (nSPS) is 14.2. The van der Waals surface area contributed by atoms with Gasteiger partial charge in [-0.2, -0.15) is 13.2 Å². The number of halogens is 3. The number of anilines is 1. The van der Waals surface area contributed by atoms with Gasteiger partial charge in [-0.05, 0) is 36.5 Å². The number of benzene rings is 1. The Morgan fingerprint density at radius 2 is 1.67 bits per heavy atom. The average molecular weight is 370 g/mol. The van der Waals surface area contributed by atoms with Crippen molar-refractivity contribution in [3.8, 4) is 11.4 Å². The van der Waals surface area contributed by atoms with Crippen LogP contribution in [-0.2, 0) is 12.7 Å². The quantitative estimate of drug-likeness (QED) is 0.683. The van der Waals surface area contributed by atoms with Crippen molar-refractivity contribution < 1.29 is 13.2 Å². The highest BCUT2D eigenvalue weighted by atomic mass is 19.4. The number of rotatable bonds is 5. The number of nitrogens with one attached hydrogen (secondary N) is 1. The van der Waals surface area contributed by atoms with Crippen LogP contribution in [0.15, 0.2) is 55.0 Å². The van der Waals surface area contributed by atoms with Crippen LogP contribution in [0.4, 0.5) is 18.9 Å². The molecule has 1 fully saturated rings. The van der Waals surface area contributed by atoms with Crippen molar-refractivity contribution in [2.75, 3.05) is 5.32 Å². The highest BCUT2D eigenvalue weighted by molar-refractivity contribution is 5.55. The predicted octanol–water partition coefficient (Wildman–Crippen LogP) is 5.05. The monoisotopic (exact) mass is 370 g/mol. The van der Waals surface area contributed by atoms with Gasteiger partial charge in [0.2, 0.25) is 0 Å². The molecule has 0 aliphatic heterocycles. The number of hydrogen-bond acceptors (Lipinski definition) is 4. The first-order chi connectivity index (χ1) is 13.0. The van der Waals surface area contributed by atoms with Crippen LogP contribution in [0.5, 0.6) is 0 Å². The van der Waals surface area contributed by atoms with Gasteiger partial charge in [0.1, 0.15) is 5.69 Å². The molecule has 2 heterocycles. The Morgan fingerprint density at radius 1 is 0.963 bits per heavy atom. The fourth-order valence-corrected chi connectivity index (χ4v) is 2.82. The molecule has 1 aromatic carbocycles. The molecule has 0 atom stereocenters. The molecule has 0 radical (unpaired) electrons. The number of nitrogens with zero attached hydrogens (tertiary/aromatic N) is 3. The minimum absolute atomic E-state index is 0.322. The van der Waals surface area contributed by atoms with Crippen molar-refractivity contribution in [1.82, 2.24) is 15.0 Å². The molecule has 0 saturated heterocycles. The fraction of sp³-hybridized carbons (Fsp3) is 0.250. The molecular weight excluding hydrogens is 353 g/mol.